The van der Waals surface area contributed by atoms with Crippen molar-refractivity contribution in [3.63, 3.8) is 0 Å². The van der Waals surface area contributed by atoms with Crippen LogP contribution in [0.5, 0.6) is 0 Å². The van der Waals surface area contributed by atoms with Gasteiger partial charge in [-0.25, -0.2) is 18.1 Å². The Balaban J connectivity index is 2.16. The van der Waals surface area contributed by atoms with E-state index in [0.717, 1.165) is 15.4 Å². The minimum atomic E-state index is -3.56. The monoisotopic (exact) mass is 316 g/mol. The fourth-order valence-electron chi connectivity index (χ4n) is 1.46. The third-order valence-electron chi connectivity index (χ3n) is 2.54. The van der Waals surface area contributed by atoms with Gasteiger partial charge in [-0.1, -0.05) is 17.7 Å². The van der Waals surface area contributed by atoms with E-state index in [4.69, 9.17) is 11.6 Å². The number of nitrogens with one attached hydrogen (secondary N) is 1. The van der Waals surface area contributed by atoms with E-state index in [1.54, 1.807) is 12.3 Å². The van der Waals surface area contributed by atoms with Crippen molar-refractivity contribution in [2.45, 2.75) is 25.3 Å². The number of nitrogens with zero attached hydrogens (tertiary/aromatic N) is 1. The molecule has 0 radical (unpaired) electrons. The number of sulfonamides is 1. The lowest BCUT2D eigenvalue weighted by Crippen LogP contribution is -2.23. The van der Waals surface area contributed by atoms with Gasteiger partial charge in [-0.15, -0.1) is 11.3 Å². The molecule has 1 aromatic heterocycles. The lowest BCUT2D eigenvalue weighted by Gasteiger charge is -2.06. The summed E-state index contributed by atoms with van der Waals surface area (Å²) >= 11 is 7.40. The van der Waals surface area contributed by atoms with Crippen molar-refractivity contribution in [2.75, 3.05) is 0 Å². The van der Waals surface area contributed by atoms with Crippen LogP contribution in [0.2, 0.25) is 5.02 Å². The van der Waals surface area contributed by atoms with Crippen LogP contribution in [0.15, 0.2) is 29.3 Å². The summed E-state index contributed by atoms with van der Waals surface area (Å²) < 4.78 is 26.7. The van der Waals surface area contributed by atoms with E-state index in [9.17, 15) is 8.42 Å². The molecule has 0 unspecified atom stereocenters. The van der Waals surface area contributed by atoms with E-state index in [1.165, 1.54) is 23.5 Å². The van der Waals surface area contributed by atoms with E-state index in [2.05, 4.69) is 9.71 Å². The molecule has 0 amide bonds. The second kappa shape index (κ2) is 5.58. The van der Waals surface area contributed by atoms with Gasteiger partial charge in [0.2, 0.25) is 10.0 Å². The first-order valence-corrected chi connectivity index (χ1v) is 8.23. The number of halogens is 1. The highest BCUT2D eigenvalue weighted by atomic mass is 35.5. The second-order valence-corrected chi connectivity index (χ2v) is 7.59. The van der Waals surface area contributed by atoms with E-state index >= 15 is 0 Å². The molecule has 0 bridgehead atoms. The van der Waals surface area contributed by atoms with E-state index in [-0.39, 0.29) is 11.4 Å². The zero-order valence-electron chi connectivity index (χ0n) is 10.5. The fraction of sp³-hybridized carbons (Fsp3) is 0.250. The Morgan fingerprint density at radius 3 is 2.68 bits per heavy atom. The zero-order valence-corrected chi connectivity index (χ0v) is 12.9. The summed E-state index contributed by atoms with van der Waals surface area (Å²) in [5.74, 6) is 0. The molecule has 1 heterocycles. The molecule has 102 valence electrons. The van der Waals surface area contributed by atoms with Crippen LogP contribution < -0.4 is 4.72 Å². The minimum Gasteiger partial charge on any atom is -0.248 e. The number of aryl methyl sites for hydroxylation is 2. The highest BCUT2D eigenvalue weighted by molar-refractivity contribution is 7.89. The summed E-state index contributed by atoms with van der Waals surface area (Å²) in [5, 5.41) is 1.17. The van der Waals surface area contributed by atoms with Crippen LogP contribution in [0, 0.1) is 13.8 Å². The lowest BCUT2D eigenvalue weighted by molar-refractivity contribution is 0.581. The third-order valence-corrected chi connectivity index (χ3v) is 5.26. The number of thiazole rings is 1. The lowest BCUT2D eigenvalue weighted by atomic mass is 10.2. The van der Waals surface area contributed by atoms with Crippen LogP contribution >= 0.6 is 22.9 Å². The Hall–Kier alpha value is -0.950. The first-order valence-electron chi connectivity index (χ1n) is 5.55. The predicted molar refractivity (Wildman–Crippen MR) is 77.1 cm³/mol. The Morgan fingerprint density at radius 1 is 1.37 bits per heavy atom. The zero-order chi connectivity index (χ0) is 14.0. The first-order chi connectivity index (χ1) is 8.88. The topological polar surface area (TPSA) is 59.1 Å². The van der Waals surface area contributed by atoms with E-state index < -0.39 is 10.0 Å². The van der Waals surface area contributed by atoms with Gasteiger partial charge < -0.3 is 0 Å². The average molecular weight is 317 g/mol. The van der Waals surface area contributed by atoms with E-state index in [0.29, 0.717) is 5.02 Å². The third kappa shape index (κ3) is 3.54. The van der Waals surface area contributed by atoms with Crippen molar-refractivity contribution in [1.82, 2.24) is 9.71 Å². The van der Waals surface area contributed by atoms with Crippen LogP contribution in [-0.2, 0) is 16.6 Å². The molecule has 4 nitrogen and oxygen atoms in total. The van der Waals surface area contributed by atoms with Crippen molar-refractivity contribution < 1.29 is 8.42 Å². The van der Waals surface area contributed by atoms with Crippen molar-refractivity contribution in [3.05, 3.63) is 44.9 Å². The molecule has 0 atom stereocenters. The summed E-state index contributed by atoms with van der Waals surface area (Å²) in [6.07, 6.45) is 1.72. The maximum Gasteiger partial charge on any atom is 0.241 e. The average Bonchev–Trinajstić information content (AvgIpc) is 2.76. The van der Waals surface area contributed by atoms with Gasteiger partial charge in [-0.2, -0.15) is 0 Å². The fourth-order valence-corrected chi connectivity index (χ4v) is 3.54. The van der Waals surface area contributed by atoms with Gasteiger partial charge in [-0.3, -0.25) is 0 Å². The molecule has 2 rings (SSSR count). The molecule has 0 aliphatic heterocycles. The van der Waals surface area contributed by atoms with Gasteiger partial charge in [0.15, 0.2) is 0 Å². The number of hydrogen-bond donors (Lipinski definition) is 1. The summed E-state index contributed by atoms with van der Waals surface area (Å²) in [7, 11) is -3.56. The molecule has 0 spiro atoms. The second-order valence-electron chi connectivity index (χ2n) is 4.10. The molecular formula is C12H13ClN2O2S2. The summed E-state index contributed by atoms with van der Waals surface area (Å²) in [5.41, 5.74) is 0.844. The predicted octanol–water partition coefficient (Wildman–Crippen LogP) is 2.89. The van der Waals surface area contributed by atoms with Gasteiger partial charge in [0.25, 0.3) is 0 Å². The quantitative estimate of drug-likeness (QED) is 0.943. The van der Waals surface area contributed by atoms with Crippen molar-refractivity contribution >= 4 is 33.0 Å². The highest BCUT2D eigenvalue weighted by Gasteiger charge is 2.15. The van der Waals surface area contributed by atoms with Crippen LogP contribution in [0.4, 0.5) is 0 Å². The maximum atomic E-state index is 12.1. The standard InChI is InChI=1S/C12H13ClN2O2S2/c1-8-3-4-10(5-11(8)13)19(16,17)15-7-12-14-6-9(2)18-12/h3-6,15H,7H2,1-2H3. The Morgan fingerprint density at radius 2 is 2.11 bits per heavy atom. The van der Waals surface area contributed by atoms with Crippen molar-refractivity contribution in [1.29, 1.82) is 0 Å². The smallest absolute Gasteiger partial charge is 0.241 e. The van der Waals surface area contributed by atoms with Crippen LogP contribution in [0.25, 0.3) is 0 Å². The van der Waals surface area contributed by atoms with Crippen LogP contribution in [0.3, 0.4) is 0 Å². The summed E-state index contributed by atoms with van der Waals surface area (Å²) in [6.45, 7) is 3.94. The Labute approximate surface area is 121 Å². The maximum absolute atomic E-state index is 12.1. The summed E-state index contributed by atoms with van der Waals surface area (Å²) in [4.78, 5) is 5.32. The normalized spacial score (nSPS) is 11.7. The van der Waals surface area contributed by atoms with Gasteiger partial charge in [0.1, 0.15) is 5.01 Å². The molecule has 0 saturated carbocycles. The van der Waals surface area contributed by atoms with Gasteiger partial charge >= 0.3 is 0 Å². The molecule has 0 aliphatic rings. The number of rotatable bonds is 4. The minimum absolute atomic E-state index is 0.163. The number of aromatic nitrogens is 1. The largest absolute Gasteiger partial charge is 0.248 e. The molecule has 19 heavy (non-hydrogen) atoms. The van der Waals surface area contributed by atoms with Crippen LogP contribution in [-0.4, -0.2) is 13.4 Å². The van der Waals surface area contributed by atoms with Crippen molar-refractivity contribution in [3.8, 4) is 0 Å². The van der Waals surface area contributed by atoms with Gasteiger partial charge in [0.05, 0.1) is 11.4 Å². The molecular weight excluding hydrogens is 304 g/mol. The highest BCUT2D eigenvalue weighted by Crippen LogP contribution is 2.20. The van der Waals surface area contributed by atoms with Crippen molar-refractivity contribution in [2.24, 2.45) is 0 Å². The van der Waals surface area contributed by atoms with Gasteiger partial charge in [0, 0.05) is 16.1 Å². The molecule has 7 heteroatoms. The SMILES string of the molecule is Cc1cnc(CNS(=O)(=O)c2ccc(C)c(Cl)c2)s1. The van der Waals surface area contributed by atoms with Gasteiger partial charge in [-0.05, 0) is 31.5 Å². The molecule has 1 aromatic carbocycles. The number of hydrogen-bond acceptors (Lipinski definition) is 4. The molecule has 0 aliphatic carbocycles. The molecule has 1 N–H and O–H groups in total. The molecule has 0 saturated heterocycles. The molecule has 0 fully saturated rings. The molecule has 2 aromatic rings. The van der Waals surface area contributed by atoms with E-state index in [1.807, 2.05) is 13.8 Å². The Kier molecular flexibility index (Phi) is 4.25. The first kappa shape index (κ1) is 14.5. The Bertz CT molecular complexity index is 696. The van der Waals surface area contributed by atoms with Crippen LogP contribution in [0.1, 0.15) is 15.4 Å². The summed E-state index contributed by atoms with van der Waals surface area (Å²) in [6, 6.07) is 4.67. The number of benzene rings is 1.